The molecule has 1 rings (SSSR count). The van der Waals surface area contributed by atoms with Gasteiger partial charge in [-0.15, -0.1) is 0 Å². The summed E-state index contributed by atoms with van der Waals surface area (Å²) >= 11 is 0. The van der Waals surface area contributed by atoms with Gasteiger partial charge < -0.3 is 10.4 Å². The number of hydrogen-bond donors (Lipinski definition) is 2. The average molecular weight is 235 g/mol. The van der Waals surface area contributed by atoms with E-state index >= 15 is 0 Å². The SMILES string of the molecule is CC(C)(C)CC(=O)N[C@@H](CO)c1ccccc1. The molecule has 0 heterocycles. The Morgan fingerprint density at radius 2 is 1.88 bits per heavy atom. The van der Waals surface area contributed by atoms with Gasteiger partial charge in [0.15, 0.2) is 0 Å². The van der Waals surface area contributed by atoms with E-state index in [0.29, 0.717) is 6.42 Å². The number of aliphatic hydroxyl groups is 1. The lowest BCUT2D eigenvalue weighted by Gasteiger charge is -2.21. The van der Waals surface area contributed by atoms with Gasteiger partial charge in [-0.3, -0.25) is 4.79 Å². The van der Waals surface area contributed by atoms with E-state index in [1.54, 1.807) is 0 Å². The highest BCUT2D eigenvalue weighted by atomic mass is 16.3. The number of amides is 1. The monoisotopic (exact) mass is 235 g/mol. The molecule has 0 saturated heterocycles. The molecule has 0 fully saturated rings. The van der Waals surface area contributed by atoms with Gasteiger partial charge in [0.2, 0.25) is 5.91 Å². The fourth-order valence-electron chi connectivity index (χ4n) is 1.65. The molecule has 0 bridgehead atoms. The van der Waals surface area contributed by atoms with Crippen molar-refractivity contribution >= 4 is 5.91 Å². The Morgan fingerprint density at radius 1 is 1.29 bits per heavy atom. The van der Waals surface area contributed by atoms with Crippen molar-refractivity contribution in [1.29, 1.82) is 0 Å². The van der Waals surface area contributed by atoms with Gasteiger partial charge >= 0.3 is 0 Å². The minimum absolute atomic E-state index is 0.0274. The molecule has 3 heteroatoms. The molecule has 0 radical (unpaired) electrons. The standard InChI is InChI=1S/C14H21NO2/c1-14(2,3)9-13(17)15-12(10-16)11-7-5-4-6-8-11/h4-8,12,16H,9-10H2,1-3H3,(H,15,17)/t12-/m0/s1. The highest BCUT2D eigenvalue weighted by Gasteiger charge is 2.19. The third-order valence-corrected chi connectivity index (χ3v) is 2.41. The van der Waals surface area contributed by atoms with Gasteiger partial charge in [-0.1, -0.05) is 51.1 Å². The Balaban J connectivity index is 2.62. The third kappa shape index (κ3) is 5.00. The fraction of sp³-hybridized carbons (Fsp3) is 0.500. The lowest BCUT2D eigenvalue weighted by atomic mass is 9.91. The second-order valence-electron chi connectivity index (χ2n) is 5.45. The van der Waals surface area contributed by atoms with Crippen LogP contribution in [0.15, 0.2) is 30.3 Å². The average Bonchev–Trinajstić information content (AvgIpc) is 2.24. The van der Waals surface area contributed by atoms with Crippen molar-refractivity contribution < 1.29 is 9.90 Å². The molecule has 1 amide bonds. The Kier molecular flexibility index (Phi) is 4.70. The Morgan fingerprint density at radius 3 is 2.35 bits per heavy atom. The molecule has 0 unspecified atom stereocenters. The lowest BCUT2D eigenvalue weighted by Crippen LogP contribution is -2.33. The van der Waals surface area contributed by atoms with Crippen molar-refractivity contribution in [2.24, 2.45) is 5.41 Å². The Bertz CT molecular complexity index is 354. The molecular weight excluding hydrogens is 214 g/mol. The van der Waals surface area contributed by atoms with Crippen LogP contribution >= 0.6 is 0 Å². The summed E-state index contributed by atoms with van der Waals surface area (Å²) in [6.07, 6.45) is 0.455. The molecule has 0 aliphatic rings. The van der Waals surface area contributed by atoms with Crippen molar-refractivity contribution in [3.63, 3.8) is 0 Å². The van der Waals surface area contributed by atoms with Gasteiger partial charge in [0.05, 0.1) is 12.6 Å². The van der Waals surface area contributed by atoms with Crippen LogP contribution in [0.25, 0.3) is 0 Å². The predicted molar refractivity (Wildman–Crippen MR) is 68.5 cm³/mol. The van der Waals surface area contributed by atoms with E-state index < -0.39 is 0 Å². The summed E-state index contributed by atoms with van der Waals surface area (Å²) in [5.74, 6) is -0.0274. The summed E-state index contributed by atoms with van der Waals surface area (Å²) in [4.78, 5) is 11.8. The molecule has 0 aliphatic carbocycles. The summed E-state index contributed by atoms with van der Waals surface area (Å²) in [5, 5.41) is 12.2. The van der Waals surface area contributed by atoms with Crippen LogP contribution in [-0.4, -0.2) is 17.6 Å². The van der Waals surface area contributed by atoms with E-state index in [4.69, 9.17) is 0 Å². The van der Waals surface area contributed by atoms with E-state index in [1.165, 1.54) is 0 Å². The summed E-state index contributed by atoms with van der Waals surface area (Å²) < 4.78 is 0. The molecule has 0 aliphatic heterocycles. The molecule has 17 heavy (non-hydrogen) atoms. The molecule has 0 spiro atoms. The van der Waals surface area contributed by atoms with E-state index in [0.717, 1.165) is 5.56 Å². The summed E-state index contributed by atoms with van der Waals surface area (Å²) in [5.41, 5.74) is 0.887. The number of benzene rings is 1. The quantitative estimate of drug-likeness (QED) is 0.841. The van der Waals surface area contributed by atoms with Gasteiger partial charge in [-0.2, -0.15) is 0 Å². The number of aliphatic hydroxyl groups excluding tert-OH is 1. The first kappa shape index (κ1) is 13.7. The smallest absolute Gasteiger partial charge is 0.221 e. The molecule has 94 valence electrons. The second-order valence-corrected chi connectivity index (χ2v) is 5.45. The van der Waals surface area contributed by atoms with Crippen molar-refractivity contribution in [2.75, 3.05) is 6.61 Å². The maximum Gasteiger partial charge on any atom is 0.221 e. The number of hydrogen-bond acceptors (Lipinski definition) is 2. The van der Waals surface area contributed by atoms with Crippen LogP contribution in [0.4, 0.5) is 0 Å². The van der Waals surface area contributed by atoms with E-state index in [1.807, 2.05) is 51.1 Å². The molecule has 2 N–H and O–H groups in total. The zero-order valence-corrected chi connectivity index (χ0v) is 10.7. The van der Waals surface area contributed by atoms with Gasteiger partial charge in [0, 0.05) is 6.42 Å². The van der Waals surface area contributed by atoms with Crippen molar-refractivity contribution in [3.8, 4) is 0 Å². The van der Waals surface area contributed by atoms with Gasteiger partial charge in [-0.05, 0) is 11.0 Å². The molecular formula is C14H21NO2. The van der Waals surface area contributed by atoms with Gasteiger partial charge in [-0.25, -0.2) is 0 Å². The van der Waals surface area contributed by atoms with E-state index in [9.17, 15) is 9.90 Å². The number of nitrogens with one attached hydrogen (secondary N) is 1. The van der Waals surface area contributed by atoms with Gasteiger partial charge in [0.25, 0.3) is 0 Å². The second kappa shape index (κ2) is 5.82. The van der Waals surface area contributed by atoms with Crippen LogP contribution in [0.5, 0.6) is 0 Å². The van der Waals surface area contributed by atoms with Crippen molar-refractivity contribution in [2.45, 2.75) is 33.2 Å². The first-order valence-corrected chi connectivity index (χ1v) is 5.87. The maximum atomic E-state index is 11.8. The zero-order valence-electron chi connectivity index (χ0n) is 10.7. The van der Waals surface area contributed by atoms with Crippen LogP contribution in [0.1, 0.15) is 38.8 Å². The van der Waals surface area contributed by atoms with Gasteiger partial charge in [0.1, 0.15) is 0 Å². The Labute approximate surface area is 103 Å². The minimum Gasteiger partial charge on any atom is -0.394 e. The largest absolute Gasteiger partial charge is 0.394 e. The summed E-state index contributed by atoms with van der Waals surface area (Å²) in [7, 11) is 0. The van der Waals surface area contributed by atoms with Crippen molar-refractivity contribution in [3.05, 3.63) is 35.9 Å². The zero-order chi connectivity index (χ0) is 12.9. The van der Waals surface area contributed by atoms with E-state index in [-0.39, 0.29) is 24.0 Å². The highest BCUT2D eigenvalue weighted by Crippen LogP contribution is 2.19. The van der Waals surface area contributed by atoms with Crippen LogP contribution in [-0.2, 0) is 4.79 Å². The molecule has 1 aromatic carbocycles. The van der Waals surface area contributed by atoms with Crippen LogP contribution < -0.4 is 5.32 Å². The number of carbonyl (C=O) groups excluding carboxylic acids is 1. The summed E-state index contributed by atoms with van der Waals surface area (Å²) in [6.45, 7) is 5.97. The topological polar surface area (TPSA) is 49.3 Å². The predicted octanol–water partition coefficient (Wildman–Crippen LogP) is 2.27. The van der Waals surface area contributed by atoms with Crippen LogP contribution in [0.2, 0.25) is 0 Å². The third-order valence-electron chi connectivity index (χ3n) is 2.41. The summed E-state index contributed by atoms with van der Waals surface area (Å²) in [6, 6.07) is 9.19. The van der Waals surface area contributed by atoms with E-state index in [2.05, 4.69) is 5.32 Å². The van der Waals surface area contributed by atoms with Crippen LogP contribution in [0, 0.1) is 5.41 Å². The minimum atomic E-state index is -0.314. The first-order chi connectivity index (χ1) is 7.92. The molecule has 0 aromatic heterocycles. The molecule has 1 aromatic rings. The highest BCUT2D eigenvalue weighted by molar-refractivity contribution is 5.77. The molecule has 3 nitrogen and oxygen atoms in total. The van der Waals surface area contributed by atoms with Crippen molar-refractivity contribution in [1.82, 2.24) is 5.32 Å². The van der Waals surface area contributed by atoms with Crippen LogP contribution in [0.3, 0.4) is 0 Å². The fourth-order valence-corrected chi connectivity index (χ4v) is 1.65. The first-order valence-electron chi connectivity index (χ1n) is 5.87. The number of carbonyl (C=O) groups is 1. The maximum absolute atomic E-state index is 11.8. The molecule has 1 atom stereocenters. The molecule has 0 saturated carbocycles. The number of rotatable bonds is 4. The Hall–Kier alpha value is -1.35. The normalized spacial score (nSPS) is 13.2. The lowest BCUT2D eigenvalue weighted by molar-refractivity contribution is -0.123.